The van der Waals surface area contributed by atoms with Gasteiger partial charge in [0.1, 0.15) is 24.7 Å². The Hall–Kier alpha value is -2.79. The zero-order valence-corrected chi connectivity index (χ0v) is 14.4. The number of rotatable bonds is 6. The fraction of sp³-hybridized carbons (Fsp3) is 0.286. The first kappa shape index (κ1) is 16.7. The van der Waals surface area contributed by atoms with Crippen molar-refractivity contribution < 1.29 is 23.4 Å². The molecule has 2 heterocycles. The molecular weight excluding hydrogens is 332 g/mol. The molecule has 2 aromatic carbocycles. The van der Waals surface area contributed by atoms with Gasteiger partial charge in [0.15, 0.2) is 0 Å². The topological polar surface area (TPSA) is 57.9 Å². The van der Waals surface area contributed by atoms with E-state index in [4.69, 9.17) is 18.6 Å². The third kappa shape index (κ3) is 3.89. The van der Waals surface area contributed by atoms with Crippen LogP contribution in [0.3, 0.4) is 0 Å². The number of fused-ring (bicyclic) bond motifs is 1. The quantitative estimate of drug-likeness (QED) is 0.617. The Balaban J connectivity index is 1.33. The Morgan fingerprint density at radius 1 is 1.08 bits per heavy atom. The third-order valence-corrected chi connectivity index (χ3v) is 4.39. The summed E-state index contributed by atoms with van der Waals surface area (Å²) in [5.74, 6) is 1.03. The van der Waals surface area contributed by atoms with Crippen LogP contribution in [0.1, 0.15) is 29.2 Å². The zero-order valence-electron chi connectivity index (χ0n) is 14.4. The van der Waals surface area contributed by atoms with Crippen molar-refractivity contribution in [1.82, 2.24) is 0 Å². The molecule has 26 heavy (non-hydrogen) atoms. The summed E-state index contributed by atoms with van der Waals surface area (Å²) in [6.07, 6.45) is 1.94. The standard InChI is InChI=1S/C21H20O5/c22-21(25-13-18-6-3-11-23-18)20-10-9-19(26-20)14-24-17-8-7-15-4-1-2-5-16(15)12-17/h1-2,4-5,7-10,12,18H,3,6,11,13-14H2/t18-/m1/s1. The predicted molar refractivity (Wildman–Crippen MR) is 96.2 cm³/mol. The maximum atomic E-state index is 12.0. The molecule has 134 valence electrons. The van der Waals surface area contributed by atoms with E-state index >= 15 is 0 Å². The number of ether oxygens (including phenoxy) is 3. The SMILES string of the molecule is O=C(OC[C@H]1CCCO1)c1ccc(COc2ccc3ccccc3c2)o1. The second kappa shape index (κ2) is 7.62. The molecule has 0 unspecified atom stereocenters. The molecule has 1 saturated heterocycles. The van der Waals surface area contributed by atoms with Gasteiger partial charge in [0.05, 0.1) is 6.10 Å². The largest absolute Gasteiger partial charge is 0.486 e. The van der Waals surface area contributed by atoms with Crippen molar-refractivity contribution in [3.05, 3.63) is 66.1 Å². The fourth-order valence-electron chi connectivity index (χ4n) is 2.99. The van der Waals surface area contributed by atoms with Crippen molar-refractivity contribution in [2.24, 2.45) is 0 Å². The molecule has 0 N–H and O–H groups in total. The third-order valence-electron chi connectivity index (χ3n) is 4.39. The Kier molecular flexibility index (Phi) is 4.88. The fourth-order valence-corrected chi connectivity index (χ4v) is 2.99. The van der Waals surface area contributed by atoms with Gasteiger partial charge in [0.2, 0.25) is 5.76 Å². The summed E-state index contributed by atoms with van der Waals surface area (Å²) < 4.78 is 22.0. The van der Waals surface area contributed by atoms with Crippen LogP contribution in [-0.4, -0.2) is 25.3 Å². The molecule has 1 aliphatic rings. The average molecular weight is 352 g/mol. The molecule has 1 atom stereocenters. The molecule has 0 amide bonds. The lowest BCUT2D eigenvalue weighted by Crippen LogP contribution is -2.17. The van der Waals surface area contributed by atoms with Gasteiger partial charge in [-0.3, -0.25) is 0 Å². The highest BCUT2D eigenvalue weighted by Gasteiger charge is 2.19. The molecule has 0 aliphatic carbocycles. The molecule has 3 aromatic rings. The van der Waals surface area contributed by atoms with Crippen molar-refractivity contribution in [2.45, 2.75) is 25.6 Å². The summed E-state index contributed by atoms with van der Waals surface area (Å²) in [4.78, 5) is 12.0. The average Bonchev–Trinajstić information content (AvgIpc) is 3.36. The molecule has 0 radical (unpaired) electrons. The number of benzene rings is 2. The molecule has 0 saturated carbocycles. The molecule has 5 heteroatoms. The summed E-state index contributed by atoms with van der Waals surface area (Å²) in [5.41, 5.74) is 0. The second-order valence-corrected chi connectivity index (χ2v) is 6.30. The van der Waals surface area contributed by atoms with Crippen LogP contribution < -0.4 is 4.74 Å². The van der Waals surface area contributed by atoms with Crippen LogP contribution in [0.5, 0.6) is 5.75 Å². The normalized spacial score (nSPS) is 16.7. The molecule has 1 aromatic heterocycles. The Bertz CT molecular complexity index is 892. The van der Waals surface area contributed by atoms with E-state index in [2.05, 4.69) is 6.07 Å². The highest BCUT2D eigenvalue weighted by molar-refractivity contribution is 5.86. The van der Waals surface area contributed by atoms with E-state index in [1.165, 1.54) is 0 Å². The Morgan fingerprint density at radius 2 is 1.96 bits per heavy atom. The van der Waals surface area contributed by atoms with Gasteiger partial charge < -0.3 is 18.6 Å². The minimum Gasteiger partial charge on any atom is -0.486 e. The van der Waals surface area contributed by atoms with Crippen LogP contribution in [0.4, 0.5) is 0 Å². The van der Waals surface area contributed by atoms with Crippen molar-refractivity contribution in [3.8, 4) is 5.75 Å². The van der Waals surface area contributed by atoms with Crippen molar-refractivity contribution >= 4 is 16.7 Å². The number of carbonyl (C=O) groups is 1. The lowest BCUT2D eigenvalue weighted by molar-refractivity contribution is 0.0134. The summed E-state index contributed by atoms with van der Waals surface area (Å²) in [7, 11) is 0. The number of esters is 1. The maximum absolute atomic E-state index is 12.0. The minimum atomic E-state index is -0.475. The van der Waals surface area contributed by atoms with Gasteiger partial charge in [-0.15, -0.1) is 0 Å². The Labute approximate surface area is 151 Å². The smallest absolute Gasteiger partial charge is 0.374 e. The van der Waals surface area contributed by atoms with E-state index in [-0.39, 0.29) is 25.1 Å². The van der Waals surface area contributed by atoms with Gasteiger partial charge in [-0.25, -0.2) is 4.79 Å². The monoisotopic (exact) mass is 352 g/mol. The predicted octanol–water partition coefficient (Wildman–Crippen LogP) is 4.35. The molecule has 0 spiro atoms. The molecule has 1 fully saturated rings. The summed E-state index contributed by atoms with van der Waals surface area (Å²) in [6, 6.07) is 17.3. The lowest BCUT2D eigenvalue weighted by atomic mass is 10.1. The lowest BCUT2D eigenvalue weighted by Gasteiger charge is -2.09. The number of carbonyl (C=O) groups excluding carboxylic acids is 1. The number of furan rings is 1. The van der Waals surface area contributed by atoms with E-state index in [0.29, 0.717) is 5.76 Å². The molecule has 1 aliphatic heterocycles. The minimum absolute atomic E-state index is 0.00428. The molecule has 5 nitrogen and oxygen atoms in total. The van der Waals surface area contributed by atoms with Crippen molar-refractivity contribution in [3.63, 3.8) is 0 Å². The van der Waals surface area contributed by atoms with Gasteiger partial charge >= 0.3 is 5.97 Å². The van der Waals surface area contributed by atoms with E-state index in [0.717, 1.165) is 36.0 Å². The second-order valence-electron chi connectivity index (χ2n) is 6.30. The van der Waals surface area contributed by atoms with Crippen LogP contribution in [0.15, 0.2) is 59.0 Å². The first-order valence-corrected chi connectivity index (χ1v) is 8.77. The number of hydrogen-bond donors (Lipinski definition) is 0. The molecule has 4 rings (SSSR count). The van der Waals surface area contributed by atoms with Crippen LogP contribution in [0, 0.1) is 0 Å². The van der Waals surface area contributed by atoms with E-state index in [9.17, 15) is 4.79 Å². The van der Waals surface area contributed by atoms with Gasteiger partial charge in [-0.1, -0.05) is 30.3 Å². The van der Waals surface area contributed by atoms with E-state index < -0.39 is 5.97 Å². The zero-order chi connectivity index (χ0) is 17.8. The van der Waals surface area contributed by atoms with Gasteiger partial charge in [-0.05, 0) is 47.9 Å². The maximum Gasteiger partial charge on any atom is 0.374 e. The number of hydrogen-bond acceptors (Lipinski definition) is 5. The van der Waals surface area contributed by atoms with Crippen LogP contribution in [0.25, 0.3) is 10.8 Å². The van der Waals surface area contributed by atoms with Gasteiger partial charge in [0.25, 0.3) is 0 Å². The summed E-state index contributed by atoms with van der Waals surface area (Å²) in [5, 5.41) is 2.27. The van der Waals surface area contributed by atoms with Gasteiger partial charge in [0, 0.05) is 6.61 Å². The first-order chi connectivity index (χ1) is 12.8. The highest BCUT2D eigenvalue weighted by atomic mass is 16.6. The highest BCUT2D eigenvalue weighted by Crippen LogP contribution is 2.22. The Morgan fingerprint density at radius 3 is 2.81 bits per heavy atom. The molecule has 0 bridgehead atoms. The first-order valence-electron chi connectivity index (χ1n) is 8.77. The van der Waals surface area contributed by atoms with Crippen molar-refractivity contribution in [1.29, 1.82) is 0 Å². The summed E-state index contributed by atoms with van der Waals surface area (Å²) >= 11 is 0. The van der Waals surface area contributed by atoms with E-state index in [1.54, 1.807) is 12.1 Å². The van der Waals surface area contributed by atoms with Crippen molar-refractivity contribution in [2.75, 3.05) is 13.2 Å². The summed E-state index contributed by atoms with van der Waals surface area (Å²) in [6.45, 7) is 1.25. The van der Waals surface area contributed by atoms with Gasteiger partial charge in [-0.2, -0.15) is 0 Å². The molecular formula is C21H20O5. The van der Waals surface area contributed by atoms with E-state index in [1.807, 2.05) is 36.4 Å². The van der Waals surface area contributed by atoms with Crippen LogP contribution in [-0.2, 0) is 16.1 Å². The van der Waals surface area contributed by atoms with Crippen LogP contribution in [0.2, 0.25) is 0 Å². The van der Waals surface area contributed by atoms with Crippen LogP contribution >= 0.6 is 0 Å².